The molecule has 1 fully saturated rings. The van der Waals surface area contributed by atoms with E-state index in [-0.39, 0.29) is 6.10 Å². The molecule has 8 nitrogen and oxygen atoms in total. The van der Waals surface area contributed by atoms with Crippen LogP contribution < -0.4 is 9.64 Å². The largest absolute Gasteiger partial charge is 0.489 e. The van der Waals surface area contributed by atoms with Gasteiger partial charge in [-0.25, -0.2) is 18.4 Å². The summed E-state index contributed by atoms with van der Waals surface area (Å²) in [6, 6.07) is 10.9. The first-order valence-corrected chi connectivity index (χ1v) is 13.3. The first-order chi connectivity index (χ1) is 16.4. The minimum Gasteiger partial charge on any atom is -0.489 e. The molecule has 1 aliphatic heterocycles. The molecule has 0 saturated carbocycles. The van der Waals surface area contributed by atoms with Crippen LogP contribution in [-0.4, -0.2) is 53.4 Å². The molecular formula is C25H27N5O3S. The van der Waals surface area contributed by atoms with Gasteiger partial charge in [-0.3, -0.25) is 4.98 Å². The number of rotatable bonds is 6. The summed E-state index contributed by atoms with van der Waals surface area (Å²) in [5, 5.41) is 0.853. The van der Waals surface area contributed by atoms with Crippen molar-refractivity contribution in [2.75, 3.05) is 24.2 Å². The maximum absolute atomic E-state index is 11.8. The summed E-state index contributed by atoms with van der Waals surface area (Å²) in [5.74, 6) is 2.41. The summed E-state index contributed by atoms with van der Waals surface area (Å²) < 4.78 is 31.8. The van der Waals surface area contributed by atoms with E-state index in [1.54, 1.807) is 18.3 Å². The van der Waals surface area contributed by atoms with Gasteiger partial charge in [0.15, 0.2) is 9.84 Å². The predicted octanol–water partition coefficient (Wildman–Crippen LogP) is 3.83. The Morgan fingerprint density at radius 1 is 0.971 bits per heavy atom. The Labute approximate surface area is 199 Å². The molecule has 0 radical (unpaired) electrons. The number of pyridine rings is 1. The molecule has 0 amide bonds. The lowest BCUT2D eigenvalue weighted by atomic mass is 10.1. The van der Waals surface area contributed by atoms with Crippen molar-refractivity contribution in [1.29, 1.82) is 0 Å². The third-order valence-corrected chi connectivity index (χ3v) is 7.29. The second-order valence-electron chi connectivity index (χ2n) is 8.55. The number of hydrogen-bond donors (Lipinski definition) is 0. The average Bonchev–Trinajstić information content (AvgIpc) is 3.28. The molecule has 0 bridgehead atoms. The highest BCUT2D eigenvalue weighted by Crippen LogP contribution is 2.25. The number of piperidine rings is 1. The molecule has 1 aliphatic rings. The van der Waals surface area contributed by atoms with Crippen molar-refractivity contribution in [3.05, 3.63) is 66.9 Å². The Kier molecular flexibility index (Phi) is 5.95. The fourth-order valence-corrected chi connectivity index (χ4v) is 4.88. The average molecular weight is 478 g/mol. The number of fused-ring (bicyclic) bond motifs is 1. The number of hydrogen-bond acceptors (Lipinski definition) is 7. The van der Waals surface area contributed by atoms with E-state index in [0.29, 0.717) is 4.90 Å². The van der Waals surface area contributed by atoms with Crippen molar-refractivity contribution >= 4 is 26.6 Å². The van der Waals surface area contributed by atoms with Gasteiger partial charge in [-0.15, -0.1) is 0 Å². The SMILES string of the molecule is CCc1cnc(N2CCC(Oc3ccc(-n4ccc5cc(S(C)(=O)=O)ccc54)nc3)CC2)cn1. The van der Waals surface area contributed by atoms with E-state index < -0.39 is 9.84 Å². The van der Waals surface area contributed by atoms with Crippen LogP contribution in [0.2, 0.25) is 0 Å². The fourth-order valence-electron chi connectivity index (χ4n) is 4.22. The summed E-state index contributed by atoms with van der Waals surface area (Å²) in [6.07, 6.45) is 11.4. The molecule has 0 atom stereocenters. The molecule has 1 aromatic carbocycles. The van der Waals surface area contributed by atoms with Crippen molar-refractivity contribution < 1.29 is 13.2 Å². The highest BCUT2D eigenvalue weighted by Gasteiger charge is 2.22. The van der Waals surface area contributed by atoms with Gasteiger partial charge in [0.05, 0.1) is 34.7 Å². The molecular weight excluding hydrogens is 450 g/mol. The van der Waals surface area contributed by atoms with Crippen molar-refractivity contribution in [3.63, 3.8) is 0 Å². The van der Waals surface area contributed by atoms with Crippen LogP contribution in [0, 0.1) is 0 Å². The molecule has 176 valence electrons. The molecule has 4 heterocycles. The van der Waals surface area contributed by atoms with E-state index in [9.17, 15) is 8.42 Å². The first kappa shape index (κ1) is 22.3. The molecule has 9 heteroatoms. The molecule has 0 unspecified atom stereocenters. The van der Waals surface area contributed by atoms with E-state index >= 15 is 0 Å². The van der Waals surface area contributed by atoms with Gasteiger partial charge in [-0.1, -0.05) is 6.92 Å². The van der Waals surface area contributed by atoms with Crippen LogP contribution in [0.3, 0.4) is 0 Å². The van der Waals surface area contributed by atoms with Gasteiger partial charge in [0.1, 0.15) is 23.5 Å². The van der Waals surface area contributed by atoms with Crippen molar-refractivity contribution in [3.8, 4) is 11.6 Å². The topological polar surface area (TPSA) is 90.2 Å². The lowest BCUT2D eigenvalue weighted by molar-refractivity contribution is 0.170. The Morgan fingerprint density at radius 3 is 2.41 bits per heavy atom. The zero-order valence-corrected chi connectivity index (χ0v) is 20.1. The van der Waals surface area contributed by atoms with E-state index in [2.05, 4.69) is 26.8 Å². The van der Waals surface area contributed by atoms with Crippen LogP contribution in [0.5, 0.6) is 5.75 Å². The minimum absolute atomic E-state index is 0.133. The van der Waals surface area contributed by atoms with Gasteiger partial charge >= 0.3 is 0 Å². The van der Waals surface area contributed by atoms with Gasteiger partial charge in [-0.05, 0) is 42.8 Å². The summed E-state index contributed by atoms with van der Waals surface area (Å²) in [5.41, 5.74) is 1.90. The normalized spacial score (nSPS) is 15.1. The van der Waals surface area contributed by atoms with Gasteiger partial charge in [0, 0.05) is 43.8 Å². The lowest BCUT2D eigenvalue weighted by Crippen LogP contribution is -2.38. The predicted molar refractivity (Wildman–Crippen MR) is 131 cm³/mol. The van der Waals surface area contributed by atoms with Gasteiger partial charge in [0.25, 0.3) is 0 Å². The molecule has 0 aliphatic carbocycles. The Balaban J connectivity index is 1.23. The van der Waals surface area contributed by atoms with Crippen molar-refractivity contribution in [2.45, 2.75) is 37.2 Å². The summed E-state index contributed by atoms with van der Waals surface area (Å²) >= 11 is 0. The number of aryl methyl sites for hydroxylation is 1. The minimum atomic E-state index is -3.24. The number of sulfone groups is 1. The Bertz CT molecular complexity index is 1390. The Morgan fingerprint density at radius 2 is 1.76 bits per heavy atom. The van der Waals surface area contributed by atoms with Crippen molar-refractivity contribution in [1.82, 2.24) is 19.5 Å². The smallest absolute Gasteiger partial charge is 0.175 e. The zero-order valence-electron chi connectivity index (χ0n) is 19.3. The van der Waals surface area contributed by atoms with Crippen LogP contribution in [0.1, 0.15) is 25.5 Å². The lowest BCUT2D eigenvalue weighted by Gasteiger charge is -2.32. The van der Waals surface area contributed by atoms with Crippen LogP contribution in [-0.2, 0) is 16.3 Å². The van der Waals surface area contributed by atoms with E-state index in [1.165, 1.54) is 6.26 Å². The van der Waals surface area contributed by atoms with Crippen LogP contribution in [0.25, 0.3) is 16.7 Å². The van der Waals surface area contributed by atoms with Crippen molar-refractivity contribution in [2.24, 2.45) is 0 Å². The second kappa shape index (κ2) is 9.06. The number of benzene rings is 1. The highest BCUT2D eigenvalue weighted by molar-refractivity contribution is 7.90. The first-order valence-electron chi connectivity index (χ1n) is 11.4. The second-order valence-corrected chi connectivity index (χ2v) is 10.6. The monoisotopic (exact) mass is 477 g/mol. The number of ether oxygens (including phenoxy) is 1. The van der Waals surface area contributed by atoms with E-state index in [4.69, 9.17) is 4.74 Å². The van der Waals surface area contributed by atoms with E-state index in [1.807, 2.05) is 47.4 Å². The maximum Gasteiger partial charge on any atom is 0.175 e. The molecule has 1 saturated heterocycles. The summed E-state index contributed by atoms with van der Waals surface area (Å²) in [7, 11) is -3.24. The quantitative estimate of drug-likeness (QED) is 0.417. The molecule has 4 aromatic rings. The summed E-state index contributed by atoms with van der Waals surface area (Å²) in [4.78, 5) is 16.1. The summed E-state index contributed by atoms with van der Waals surface area (Å²) in [6.45, 7) is 3.83. The number of anilines is 1. The van der Waals surface area contributed by atoms with E-state index in [0.717, 1.165) is 66.3 Å². The fraction of sp³-hybridized carbons (Fsp3) is 0.320. The zero-order chi connectivity index (χ0) is 23.7. The van der Waals surface area contributed by atoms with Crippen LogP contribution in [0.4, 0.5) is 5.82 Å². The van der Waals surface area contributed by atoms with Gasteiger partial charge < -0.3 is 14.2 Å². The number of nitrogens with zero attached hydrogens (tertiary/aromatic N) is 5. The van der Waals surface area contributed by atoms with Crippen LogP contribution >= 0.6 is 0 Å². The third-order valence-electron chi connectivity index (χ3n) is 6.18. The molecule has 0 spiro atoms. The molecule has 34 heavy (non-hydrogen) atoms. The van der Waals surface area contributed by atoms with Crippen LogP contribution in [0.15, 0.2) is 66.1 Å². The maximum atomic E-state index is 11.8. The highest BCUT2D eigenvalue weighted by atomic mass is 32.2. The number of aromatic nitrogens is 4. The molecule has 5 rings (SSSR count). The molecule has 0 N–H and O–H groups in total. The standard InChI is InChI=1S/C25H27N5O3S/c1-3-19-15-27-25(17-26-19)29-11-9-20(10-12-29)33-21-4-7-24(28-16-21)30-13-8-18-14-22(34(2,31)32)5-6-23(18)30/h4-8,13-17,20H,3,9-12H2,1-2H3. The van der Waals surface area contributed by atoms with Gasteiger partial charge in [-0.2, -0.15) is 0 Å². The molecule has 3 aromatic heterocycles. The van der Waals surface area contributed by atoms with Gasteiger partial charge in [0.2, 0.25) is 0 Å². The third kappa shape index (κ3) is 4.61. The Hall–Kier alpha value is -3.46.